The second kappa shape index (κ2) is 21.1. The number of thiol groups is 1. The molecule has 0 aliphatic rings. The van der Waals surface area contributed by atoms with Crippen LogP contribution in [-0.2, 0) is 4.75 Å². The van der Waals surface area contributed by atoms with E-state index in [-0.39, 0.29) is 4.75 Å². The van der Waals surface area contributed by atoms with Crippen molar-refractivity contribution in [2.24, 2.45) is 0 Å². The van der Waals surface area contributed by atoms with Crippen LogP contribution in [0.4, 0.5) is 0 Å². The lowest BCUT2D eigenvalue weighted by Gasteiger charge is -2.29. The van der Waals surface area contributed by atoms with E-state index in [0.717, 1.165) is 0 Å². The monoisotopic (exact) mass is 460 g/mol. The van der Waals surface area contributed by atoms with Gasteiger partial charge < -0.3 is 0 Å². The van der Waals surface area contributed by atoms with Gasteiger partial charge in [-0.2, -0.15) is 12.6 Å². The molecule has 0 aliphatic heterocycles. The Morgan fingerprint density at radius 2 is 0.781 bits per heavy atom. The number of hydrogen-bond donors (Lipinski definition) is 1. The number of unbranched alkanes of at least 4 members (excludes halogenated alkanes) is 18. The third-order valence-corrected chi connectivity index (χ3v) is 7.90. The van der Waals surface area contributed by atoms with Crippen molar-refractivity contribution < 1.29 is 0 Å². The number of benzene rings is 1. The summed E-state index contributed by atoms with van der Waals surface area (Å²) >= 11 is 5.29. The zero-order valence-electron chi connectivity index (χ0n) is 21.9. The molecule has 1 aromatic carbocycles. The first-order valence-corrected chi connectivity index (χ1v) is 15.0. The van der Waals surface area contributed by atoms with Gasteiger partial charge in [-0.3, -0.25) is 0 Å². The molecule has 0 radical (unpaired) electrons. The average Bonchev–Trinajstić information content (AvgIpc) is 2.82. The lowest BCUT2D eigenvalue weighted by atomic mass is 9.87. The number of rotatable bonds is 23. The van der Waals surface area contributed by atoms with Crippen molar-refractivity contribution in [1.29, 1.82) is 0 Å². The molecular formula is C31H56S. The molecule has 0 heterocycles. The lowest BCUT2D eigenvalue weighted by molar-refractivity contribution is 0.453. The fraction of sp³-hybridized carbons (Fsp3) is 0.806. The van der Waals surface area contributed by atoms with E-state index in [1.54, 1.807) is 0 Å². The maximum absolute atomic E-state index is 5.29. The molecule has 0 aromatic heterocycles. The lowest BCUT2D eigenvalue weighted by Crippen LogP contribution is -2.19. The molecule has 1 aromatic rings. The summed E-state index contributed by atoms with van der Waals surface area (Å²) in [5, 5.41) is 0. The van der Waals surface area contributed by atoms with Crippen LogP contribution in [0.5, 0.6) is 0 Å². The number of hydrogen-bond acceptors (Lipinski definition) is 1. The summed E-state index contributed by atoms with van der Waals surface area (Å²) in [5.41, 5.74) is 1.44. The van der Waals surface area contributed by atoms with E-state index in [0.29, 0.717) is 0 Å². The van der Waals surface area contributed by atoms with Crippen molar-refractivity contribution in [3.63, 3.8) is 0 Å². The summed E-state index contributed by atoms with van der Waals surface area (Å²) in [7, 11) is 0. The minimum absolute atomic E-state index is 0.0710. The van der Waals surface area contributed by atoms with Crippen molar-refractivity contribution in [3.8, 4) is 0 Å². The molecule has 0 fully saturated rings. The first kappa shape index (κ1) is 29.6. The summed E-state index contributed by atoms with van der Waals surface area (Å²) in [6.07, 6.45) is 30.6. The quantitative estimate of drug-likeness (QED) is 0.122. The second-order valence-electron chi connectivity index (χ2n) is 10.3. The van der Waals surface area contributed by atoms with Gasteiger partial charge in [0, 0.05) is 4.75 Å². The summed E-state index contributed by atoms with van der Waals surface area (Å²) in [5.74, 6) is 0. The molecule has 0 atom stereocenters. The molecule has 0 aliphatic carbocycles. The fourth-order valence-corrected chi connectivity index (χ4v) is 5.44. The van der Waals surface area contributed by atoms with Gasteiger partial charge in [-0.05, 0) is 18.4 Å². The minimum Gasteiger partial charge on any atom is -0.168 e. The summed E-state index contributed by atoms with van der Waals surface area (Å²) < 4.78 is 0.0710. The average molecular weight is 461 g/mol. The third-order valence-electron chi connectivity index (χ3n) is 7.20. The molecule has 0 amide bonds. The van der Waals surface area contributed by atoms with Crippen LogP contribution >= 0.6 is 12.6 Å². The Bertz CT molecular complexity index is 470. The normalized spacial score (nSPS) is 11.8. The van der Waals surface area contributed by atoms with Crippen LogP contribution in [0, 0.1) is 0 Å². The van der Waals surface area contributed by atoms with E-state index in [1.165, 1.54) is 147 Å². The topological polar surface area (TPSA) is 0 Å². The summed E-state index contributed by atoms with van der Waals surface area (Å²) in [4.78, 5) is 0. The largest absolute Gasteiger partial charge is 0.168 e. The Labute approximate surface area is 208 Å². The smallest absolute Gasteiger partial charge is 0.0378 e. The van der Waals surface area contributed by atoms with E-state index in [1.807, 2.05) is 0 Å². The van der Waals surface area contributed by atoms with Gasteiger partial charge in [0.25, 0.3) is 0 Å². The highest BCUT2D eigenvalue weighted by atomic mass is 32.1. The zero-order chi connectivity index (χ0) is 23.2. The maximum atomic E-state index is 5.29. The predicted molar refractivity (Wildman–Crippen MR) is 150 cm³/mol. The molecule has 0 saturated carbocycles. The standard InChI is InChI=1S/C31H56S/c1-3-5-7-9-11-13-15-17-19-24-28-31(32,30-26-22-21-23-27-30)29-25-20-18-16-14-12-10-8-6-4-2/h21-23,26-27,32H,3-20,24-25,28-29H2,1-2H3. The molecule has 0 spiro atoms. The van der Waals surface area contributed by atoms with E-state index < -0.39 is 0 Å². The van der Waals surface area contributed by atoms with E-state index >= 15 is 0 Å². The van der Waals surface area contributed by atoms with E-state index in [2.05, 4.69) is 44.2 Å². The molecule has 1 rings (SSSR count). The van der Waals surface area contributed by atoms with Crippen LogP contribution in [0.25, 0.3) is 0 Å². The molecule has 1 heteroatoms. The maximum Gasteiger partial charge on any atom is 0.0378 e. The molecule has 32 heavy (non-hydrogen) atoms. The molecule has 0 N–H and O–H groups in total. The van der Waals surface area contributed by atoms with Crippen LogP contribution in [0.15, 0.2) is 30.3 Å². The molecule has 0 unspecified atom stereocenters. The van der Waals surface area contributed by atoms with Crippen LogP contribution in [0.1, 0.15) is 161 Å². The van der Waals surface area contributed by atoms with Gasteiger partial charge in [-0.1, -0.05) is 173 Å². The van der Waals surface area contributed by atoms with Gasteiger partial charge in [0.15, 0.2) is 0 Å². The summed E-state index contributed by atoms with van der Waals surface area (Å²) in [6.45, 7) is 4.60. The Kier molecular flexibility index (Phi) is 19.5. The van der Waals surface area contributed by atoms with Crippen molar-refractivity contribution in [2.75, 3.05) is 0 Å². The first-order chi connectivity index (χ1) is 15.7. The Hall–Kier alpha value is -0.430. The van der Waals surface area contributed by atoms with Crippen LogP contribution < -0.4 is 0 Å². The zero-order valence-corrected chi connectivity index (χ0v) is 22.8. The predicted octanol–water partition coefficient (Wildman–Crippen LogP) is 11.4. The van der Waals surface area contributed by atoms with Crippen molar-refractivity contribution in [1.82, 2.24) is 0 Å². The second-order valence-corrected chi connectivity index (χ2v) is 11.1. The van der Waals surface area contributed by atoms with Crippen LogP contribution in [0.2, 0.25) is 0 Å². The summed E-state index contributed by atoms with van der Waals surface area (Å²) in [6, 6.07) is 11.1. The van der Waals surface area contributed by atoms with Crippen LogP contribution in [-0.4, -0.2) is 0 Å². The van der Waals surface area contributed by atoms with Gasteiger partial charge in [-0.25, -0.2) is 0 Å². The van der Waals surface area contributed by atoms with E-state index in [4.69, 9.17) is 12.6 Å². The highest BCUT2D eigenvalue weighted by Crippen LogP contribution is 2.39. The molecule has 0 saturated heterocycles. The van der Waals surface area contributed by atoms with Gasteiger partial charge in [0.05, 0.1) is 0 Å². The van der Waals surface area contributed by atoms with Crippen molar-refractivity contribution in [3.05, 3.63) is 35.9 Å². The van der Waals surface area contributed by atoms with Gasteiger partial charge in [0.1, 0.15) is 0 Å². The fourth-order valence-electron chi connectivity index (χ4n) is 4.97. The Morgan fingerprint density at radius 1 is 0.469 bits per heavy atom. The van der Waals surface area contributed by atoms with Crippen molar-refractivity contribution in [2.45, 2.75) is 160 Å². The Balaban J connectivity index is 2.21. The van der Waals surface area contributed by atoms with Gasteiger partial charge >= 0.3 is 0 Å². The highest BCUT2D eigenvalue weighted by molar-refractivity contribution is 7.81. The van der Waals surface area contributed by atoms with E-state index in [9.17, 15) is 0 Å². The van der Waals surface area contributed by atoms with Crippen molar-refractivity contribution >= 4 is 12.6 Å². The molecular weight excluding hydrogens is 404 g/mol. The third kappa shape index (κ3) is 15.4. The molecule has 0 nitrogen and oxygen atoms in total. The van der Waals surface area contributed by atoms with Crippen LogP contribution in [0.3, 0.4) is 0 Å². The molecule has 186 valence electrons. The highest BCUT2D eigenvalue weighted by Gasteiger charge is 2.26. The first-order valence-electron chi connectivity index (χ1n) is 14.5. The Morgan fingerprint density at radius 3 is 1.12 bits per heavy atom. The minimum atomic E-state index is 0.0710. The van der Waals surface area contributed by atoms with Gasteiger partial charge in [-0.15, -0.1) is 0 Å². The van der Waals surface area contributed by atoms with Gasteiger partial charge in [0.2, 0.25) is 0 Å². The molecule has 0 bridgehead atoms. The SMILES string of the molecule is CCCCCCCCCCCCC(S)(CCCCCCCCCCCC)c1ccccc1.